The van der Waals surface area contributed by atoms with E-state index in [9.17, 15) is 39.9 Å². The molecule has 2 heterocycles. The van der Waals surface area contributed by atoms with E-state index in [0.717, 1.165) is 55.5 Å². The van der Waals surface area contributed by atoms with E-state index in [0.29, 0.717) is 17.7 Å². The van der Waals surface area contributed by atoms with Crippen molar-refractivity contribution in [1.82, 2.24) is 30.6 Å². The third kappa shape index (κ3) is 13.2. The van der Waals surface area contributed by atoms with Crippen LogP contribution in [0.1, 0.15) is 70.7 Å². The second-order valence-electron chi connectivity index (χ2n) is 14.5. The molecule has 0 radical (unpaired) electrons. The highest BCUT2D eigenvalue weighted by Crippen LogP contribution is 2.38. The van der Waals surface area contributed by atoms with Gasteiger partial charge in [-0.15, -0.1) is 23.2 Å². The van der Waals surface area contributed by atoms with Crippen LogP contribution >= 0.6 is 23.2 Å². The maximum atomic E-state index is 14.5. The van der Waals surface area contributed by atoms with Crippen LogP contribution in [-0.4, -0.2) is 37.3 Å². The number of nitrogens with two attached hydrogens (primary N) is 1. The third-order valence-electron chi connectivity index (χ3n) is 10.0. The Labute approximate surface area is 368 Å². The number of rotatable bonds is 10. The summed E-state index contributed by atoms with van der Waals surface area (Å²) in [5.74, 6) is -1.92. The number of urea groups is 1. The number of carbonyl (C=O) groups excluding carboxylic acids is 1. The lowest BCUT2D eigenvalue weighted by Crippen LogP contribution is -2.54. The van der Waals surface area contributed by atoms with Gasteiger partial charge in [0.05, 0.1) is 16.5 Å². The quantitative estimate of drug-likeness (QED) is 0.0930. The van der Waals surface area contributed by atoms with Crippen molar-refractivity contribution in [3.05, 3.63) is 191 Å². The number of benzene rings is 4. The van der Waals surface area contributed by atoms with E-state index in [4.69, 9.17) is 28.9 Å². The van der Waals surface area contributed by atoms with Crippen molar-refractivity contribution in [2.75, 3.05) is 5.34 Å². The highest BCUT2D eigenvalue weighted by Gasteiger charge is 2.43. The lowest BCUT2D eigenvalue weighted by Gasteiger charge is -2.35. The van der Waals surface area contributed by atoms with Crippen LogP contribution in [-0.2, 0) is 36.3 Å². The Hall–Kier alpha value is -5.71. The minimum Gasteiger partial charge on any atom is -0.335 e. The highest BCUT2D eigenvalue weighted by molar-refractivity contribution is 6.40. The molecule has 2 aromatic heterocycles. The molecule has 7 rings (SSSR count). The number of nitrogens with zero attached hydrogens (tertiary/aromatic N) is 4. The van der Waals surface area contributed by atoms with Crippen molar-refractivity contribution in [3.8, 4) is 0 Å². The number of nitrogens with one attached hydrogen (secondary N) is 2. The molecular formula is C45H41Cl2F8N7O. The molecule has 4 aromatic carbocycles. The second-order valence-corrected chi connectivity index (χ2v) is 15.3. The van der Waals surface area contributed by atoms with Crippen molar-refractivity contribution in [1.29, 1.82) is 0 Å². The Morgan fingerprint density at radius 3 is 1.49 bits per heavy atom. The topological polar surface area (TPSA) is 119 Å². The van der Waals surface area contributed by atoms with E-state index in [-0.39, 0.29) is 47.0 Å². The first-order valence-corrected chi connectivity index (χ1v) is 20.4. The van der Waals surface area contributed by atoms with Gasteiger partial charge in [-0.1, -0.05) is 73.5 Å². The number of carbonyl (C=O) groups is 1. The molecule has 0 saturated heterocycles. The fraction of sp³-hybridized carbons (Fsp3) is 0.267. The van der Waals surface area contributed by atoms with Crippen LogP contribution in [0.5, 0.6) is 0 Å². The van der Waals surface area contributed by atoms with Gasteiger partial charge in [0.25, 0.3) is 0 Å². The molecule has 4 N–H and O–H groups in total. The molecule has 1 aliphatic rings. The summed E-state index contributed by atoms with van der Waals surface area (Å²) >= 11 is 9.53. The average molecular weight is 919 g/mol. The number of amides is 2. The van der Waals surface area contributed by atoms with Crippen LogP contribution in [0.3, 0.4) is 0 Å². The zero-order valence-corrected chi connectivity index (χ0v) is 34.8. The second kappa shape index (κ2) is 21.6. The minimum absolute atomic E-state index is 0.0106. The number of hydrogen-bond acceptors (Lipinski definition) is 6. The van der Waals surface area contributed by atoms with Gasteiger partial charge in [0.1, 0.15) is 22.7 Å². The first-order chi connectivity index (χ1) is 30.0. The molecule has 1 aliphatic carbocycles. The fourth-order valence-corrected chi connectivity index (χ4v) is 7.16. The first-order valence-electron chi connectivity index (χ1n) is 19.4. The summed E-state index contributed by atoms with van der Waals surface area (Å²) in [6.45, 7) is 0. The summed E-state index contributed by atoms with van der Waals surface area (Å²) in [5.41, 5.74) is 2.37. The SMILES string of the molecule is ClCCl.N[C@@](Cc1ccccc1)(c1cc(F)cc(C(F)(F)F)c1)c1ncccn1.O=C(NC1CCCC1)N[C@@](Cc1ccccc1)(c1cc(F)cc(C(F)(F)F)c1)c1ncccn1. The molecule has 8 nitrogen and oxygen atoms in total. The van der Waals surface area contributed by atoms with Crippen LogP contribution in [0, 0.1) is 11.6 Å². The zero-order valence-electron chi connectivity index (χ0n) is 33.3. The maximum Gasteiger partial charge on any atom is 0.416 e. The van der Waals surface area contributed by atoms with Gasteiger partial charge in [0.2, 0.25) is 0 Å². The largest absolute Gasteiger partial charge is 0.416 e. The lowest BCUT2D eigenvalue weighted by atomic mass is 9.81. The maximum absolute atomic E-state index is 14.5. The summed E-state index contributed by atoms with van der Waals surface area (Å²) in [7, 11) is 0. The normalized spacial score (nSPS) is 14.8. The van der Waals surface area contributed by atoms with E-state index in [1.54, 1.807) is 66.7 Å². The summed E-state index contributed by atoms with van der Waals surface area (Å²) in [4.78, 5) is 29.9. The Morgan fingerprint density at radius 1 is 0.603 bits per heavy atom. The molecule has 2 amide bonds. The van der Waals surface area contributed by atoms with E-state index >= 15 is 0 Å². The standard InChI is InChI=1S/C25H24F4N4O.C19H15F4N3.CH2Cl2/c26-20-14-18(13-19(15-20)25(27,28)29)24(22-30-11-6-12-31-22,16-17-7-2-1-3-8-17)33-23(34)32-21-9-4-5-10-21;20-16-10-14(9-15(11-16)19(21,22)23)18(24,17-25-7-4-8-26-17)12-13-5-2-1-3-6-13;2-1-3/h1-3,6-8,11-15,21H,4-5,9-10,16H2,(H2,32,33,34);1-11H,12,24H2;1H2/t24-;18-;/m00./s1. The van der Waals surface area contributed by atoms with Gasteiger partial charge in [-0.3, -0.25) is 0 Å². The van der Waals surface area contributed by atoms with Gasteiger partial charge in [-0.05, 0) is 83.6 Å². The molecule has 332 valence electrons. The molecule has 0 unspecified atom stereocenters. The van der Waals surface area contributed by atoms with Crippen LogP contribution in [0.15, 0.2) is 134 Å². The molecule has 6 aromatic rings. The molecule has 18 heteroatoms. The van der Waals surface area contributed by atoms with Crippen LogP contribution in [0.2, 0.25) is 0 Å². The van der Waals surface area contributed by atoms with Crippen molar-refractivity contribution in [2.45, 2.75) is 68.0 Å². The lowest BCUT2D eigenvalue weighted by molar-refractivity contribution is -0.138. The summed E-state index contributed by atoms with van der Waals surface area (Å²) in [5, 5.41) is 5.93. The monoisotopic (exact) mass is 917 g/mol. The Morgan fingerprint density at radius 2 is 1.02 bits per heavy atom. The fourth-order valence-electron chi connectivity index (χ4n) is 7.16. The predicted octanol–water partition coefficient (Wildman–Crippen LogP) is 10.9. The Bertz CT molecular complexity index is 2360. The number of alkyl halides is 8. The third-order valence-corrected chi connectivity index (χ3v) is 10.0. The van der Waals surface area contributed by atoms with Gasteiger partial charge in [0, 0.05) is 43.7 Å². The molecule has 1 fully saturated rings. The summed E-state index contributed by atoms with van der Waals surface area (Å²) < 4.78 is 109. The highest BCUT2D eigenvalue weighted by atomic mass is 35.5. The van der Waals surface area contributed by atoms with E-state index in [1.807, 2.05) is 6.07 Å². The van der Waals surface area contributed by atoms with Crippen molar-refractivity contribution < 1.29 is 39.9 Å². The van der Waals surface area contributed by atoms with E-state index in [1.165, 1.54) is 24.8 Å². The van der Waals surface area contributed by atoms with Crippen LogP contribution in [0.4, 0.5) is 39.9 Å². The smallest absolute Gasteiger partial charge is 0.335 e. The molecule has 2 atom stereocenters. The van der Waals surface area contributed by atoms with Crippen molar-refractivity contribution in [3.63, 3.8) is 0 Å². The Kier molecular flexibility index (Phi) is 16.6. The van der Waals surface area contributed by atoms with E-state index in [2.05, 4.69) is 30.6 Å². The molecule has 0 spiro atoms. The van der Waals surface area contributed by atoms with Crippen LogP contribution < -0.4 is 16.4 Å². The summed E-state index contributed by atoms with van der Waals surface area (Å²) in [6.07, 6.45) is 0.0130. The number of halogens is 10. The molecule has 0 aliphatic heterocycles. The van der Waals surface area contributed by atoms with Gasteiger partial charge < -0.3 is 16.4 Å². The molecular weight excluding hydrogens is 877 g/mol. The van der Waals surface area contributed by atoms with Gasteiger partial charge in [-0.25, -0.2) is 33.5 Å². The van der Waals surface area contributed by atoms with Crippen molar-refractivity contribution >= 4 is 29.2 Å². The van der Waals surface area contributed by atoms with Gasteiger partial charge in [0.15, 0.2) is 11.6 Å². The predicted molar refractivity (Wildman–Crippen MR) is 223 cm³/mol. The Balaban J connectivity index is 0.000000231. The molecule has 63 heavy (non-hydrogen) atoms. The molecule has 0 bridgehead atoms. The minimum atomic E-state index is -4.78. The van der Waals surface area contributed by atoms with E-state index < -0.39 is 52.2 Å². The zero-order chi connectivity index (χ0) is 45.7. The molecule has 1 saturated carbocycles. The number of hydrogen-bond donors (Lipinski definition) is 3. The first kappa shape index (κ1) is 48.3. The number of aromatic nitrogens is 4. The van der Waals surface area contributed by atoms with Crippen molar-refractivity contribution in [2.24, 2.45) is 5.73 Å². The van der Waals surface area contributed by atoms with Gasteiger partial charge in [-0.2, -0.15) is 26.3 Å². The van der Waals surface area contributed by atoms with Crippen LogP contribution in [0.25, 0.3) is 0 Å². The summed E-state index contributed by atoms with van der Waals surface area (Å²) in [6, 6.07) is 24.9. The average Bonchev–Trinajstić information content (AvgIpc) is 3.77. The van der Waals surface area contributed by atoms with Gasteiger partial charge >= 0.3 is 18.4 Å².